The molecule has 2 N–H and O–H groups in total. The number of ether oxygens (including phenoxy) is 2. The number of nitrogens with zero attached hydrogens (tertiary/aromatic N) is 2. The number of aromatic nitrogens is 3. The second-order valence-electron chi connectivity index (χ2n) is 5.43. The molecule has 1 heterocycles. The molecule has 2 aromatic carbocycles. The topological polar surface area (TPSA) is 106 Å². The highest BCUT2D eigenvalue weighted by Gasteiger charge is 2.21. The molecule has 3 aromatic rings. The van der Waals surface area contributed by atoms with Gasteiger partial charge in [-0.2, -0.15) is 5.10 Å². The summed E-state index contributed by atoms with van der Waals surface area (Å²) in [6.07, 6.45) is 0. The van der Waals surface area contributed by atoms with Gasteiger partial charge in [-0.25, -0.2) is 18.1 Å². The van der Waals surface area contributed by atoms with E-state index in [-0.39, 0.29) is 11.4 Å². The summed E-state index contributed by atoms with van der Waals surface area (Å²) in [5, 5.41) is 6.85. The molecule has 27 heavy (non-hydrogen) atoms. The molecule has 0 aliphatic rings. The van der Waals surface area contributed by atoms with Crippen LogP contribution in [0.2, 0.25) is 0 Å². The van der Waals surface area contributed by atoms with Gasteiger partial charge in [-0.3, -0.25) is 5.10 Å². The van der Waals surface area contributed by atoms with E-state index in [1.54, 1.807) is 0 Å². The van der Waals surface area contributed by atoms with Crippen molar-refractivity contribution in [2.24, 2.45) is 0 Å². The van der Waals surface area contributed by atoms with Gasteiger partial charge in [0.25, 0.3) is 0 Å². The Kier molecular flexibility index (Phi) is 5.78. The van der Waals surface area contributed by atoms with Crippen LogP contribution in [0.3, 0.4) is 0 Å². The standard InChI is InChI=1S/C17H17BrN4O4S/c1-25-13-8-12(18)15(9-14(13)26-2)27(23,24)19-10-16-20-17(22-21-16)11-6-4-3-5-7-11/h3-9,19H,10H2,1-2H3,(H,20,21,22). The molecule has 3 rings (SSSR count). The normalized spacial score (nSPS) is 11.4. The van der Waals surface area contributed by atoms with Crippen molar-refractivity contribution in [2.75, 3.05) is 14.2 Å². The predicted molar refractivity (Wildman–Crippen MR) is 103 cm³/mol. The molecule has 0 fully saturated rings. The van der Waals surface area contributed by atoms with Gasteiger partial charge in [0.15, 0.2) is 17.3 Å². The number of nitrogens with one attached hydrogen (secondary N) is 2. The highest BCUT2D eigenvalue weighted by atomic mass is 79.9. The van der Waals surface area contributed by atoms with Crippen molar-refractivity contribution in [1.82, 2.24) is 19.9 Å². The summed E-state index contributed by atoms with van der Waals surface area (Å²) in [7, 11) is -0.905. The van der Waals surface area contributed by atoms with Crippen molar-refractivity contribution in [1.29, 1.82) is 0 Å². The summed E-state index contributed by atoms with van der Waals surface area (Å²) >= 11 is 3.26. The first-order valence-electron chi connectivity index (χ1n) is 7.82. The van der Waals surface area contributed by atoms with Crippen molar-refractivity contribution < 1.29 is 17.9 Å². The first-order chi connectivity index (χ1) is 12.9. The number of rotatable bonds is 7. The smallest absolute Gasteiger partial charge is 0.242 e. The Morgan fingerprint density at radius 2 is 1.78 bits per heavy atom. The van der Waals surface area contributed by atoms with Crippen molar-refractivity contribution in [3.05, 3.63) is 52.8 Å². The number of aromatic amines is 1. The van der Waals surface area contributed by atoms with E-state index in [1.165, 1.54) is 26.4 Å². The summed E-state index contributed by atoms with van der Waals surface area (Å²) in [5.74, 6) is 1.63. The predicted octanol–water partition coefficient (Wildman–Crippen LogP) is 2.73. The molecule has 0 bridgehead atoms. The molecule has 0 unspecified atom stereocenters. The third-order valence-electron chi connectivity index (χ3n) is 3.72. The number of sulfonamides is 1. The Morgan fingerprint density at radius 1 is 1.11 bits per heavy atom. The SMILES string of the molecule is COc1cc(Br)c(S(=O)(=O)NCc2nc(-c3ccccc3)n[nH]2)cc1OC. The van der Waals surface area contributed by atoms with Crippen LogP contribution in [0.5, 0.6) is 11.5 Å². The second-order valence-corrected chi connectivity index (χ2v) is 8.02. The highest BCUT2D eigenvalue weighted by Crippen LogP contribution is 2.35. The largest absolute Gasteiger partial charge is 0.493 e. The first kappa shape index (κ1) is 19.3. The number of benzene rings is 2. The third-order valence-corrected chi connectivity index (χ3v) is 6.08. The maximum Gasteiger partial charge on any atom is 0.242 e. The third kappa shape index (κ3) is 4.29. The summed E-state index contributed by atoms with van der Waals surface area (Å²) in [4.78, 5) is 4.34. The van der Waals surface area contributed by atoms with E-state index in [4.69, 9.17) is 9.47 Å². The van der Waals surface area contributed by atoms with Gasteiger partial charge in [0.1, 0.15) is 10.7 Å². The number of hydrogen-bond donors (Lipinski definition) is 2. The Labute approximate surface area is 165 Å². The Hall–Kier alpha value is -2.43. The van der Waals surface area contributed by atoms with E-state index in [9.17, 15) is 8.42 Å². The maximum atomic E-state index is 12.7. The fourth-order valence-corrected chi connectivity index (χ4v) is 4.40. The molecule has 0 spiro atoms. The average Bonchev–Trinajstić information content (AvgIpc) is 3.16. The van der Waals surface area contributed by atoms with Gasteiger partial charge in [0.2, 0.25) is 10.0 Å². The fraction of sp³-hybridized carbons (Fsp3) is 0.176. The zero-order valence-corrected chi connectivity index (χ0v) is 17.0. The van der Waals surface area contributed by atoms with Crippen LogP contribution in [0.4, 0.5) is 0 Å². The molecule has 0 aliphatic carbocycles. The molecule has 1 aromatic heterocycles. The molecular weight excluding hydrogens is 436 g/mol. The van der Waals surface area contributed by atoms with E-state index in [0.717, 1.165) is 5.56 Å². The molecule has 10 heteroatoms. The molecule has 0 saturated carbocycles. The van der Waals surface area contributed by atoms with Crippen molar-refractivity contribution in [2.45, 2.75) is 11.4 Å². The van der Waals surface area contributed by atoms with E-state index >= 15 is 0 Å². The molecule has 0 saturated heterocycles. The van der Waals surface area contributed by atoms with Crippen LogP contribution < -0.4 is 14.2 Å². The summed E-state index contributed by atoms with van der Waals surface area (Å²) in [6.45, 7) is -0.0387. The summed E-state index contributed by atoms with van der Waals surface area (Å²) in [5.41, 5.74) is 0.838. The van der Waals surface area contributed by atoms with E-state index in [1.807, 2.05) is 30.3 Å². The van der Waals surface area contributed by atoms with E-state index in [2.05, 4.69) is 35.8 Å². The van der Waals surface area contributed by atoms with Crippen LogP contribution in [0.15, 0.2) is 51.8 Å². The molecule has 0 aliphatic heterocycles. The lowest BCUT2D eigenvalue weighted by atomic mass is 10.2. The lowest BCUT2D eigenvalue weighted by Gasteiger charge is -2.12. The van der Waals surface area contributed by atoms with Crippen molar-refractivity contribution >= 4 is 26.0 Å². The Bertz CT molecular complexity index is 1040. The number of hydrogen-bond acceptors (Lipinski definition) is 6. The van der Waals surface area contributed by atoms with Crippen LogP contribution in [-0.2, 0) is 16.6 Å². The molecule has 8 nitrogen and oxygen atoms in total. The van der Waals surface area contributed by atoms with Crippen LogP contribution in [0.1, 0.15) is 5.82 Å². The van der Waals surface area contributed by atoms with Crippen LogP contribution in [-0.4, -0.2) is 37.8 Å². The van der Waals surface area contributed by atoms with Crippen LogP contribution in [0, 0.1) is 0 Å². The summed E-state index contributed by atoms with van der Waals surface area (Å²) < 4.78 is 38.5. The Balaban J connectivity index is 1.79. The molecule has 0 amide bonds. The fourth-order valence-electron chi connectivity index (χ4n) is 2.37. The molecule has 0 atom stereocenters. The van der Waals surface area contributed by atoms with Crippen molar-refractivity contribution in [3.8, 4) is 22.9 Å². The lowest BCUT2D eigenvalue weighted by Crippen LogP contribution is -2.24. The van der Waals surface area contributed by atoms with Gasteiger partial charge in [-0.15, -0.1) is 0 Å². The van der Waals surface area contributed by atoms with Crippen molar-refractivity contribution in [3.63, 3.8) is 0 Å². The summed E-state index contributed by atoms with van der Waals surface area (Å²) in [6, 6.07) is 12.3. The molecular formula is C17H17BrN4O4S. The average molecular weight is 453 g/mol. The highest BCUT2D eigenvalue weighted by molar-refractivity contribution is 9.10. The zero-order valence-electron chi connectivity index (χ0n) is 14.6. The zero-order chi connectivity index (χ0) is 19.4. The monoisotopic (exact) mass is 452 g/mol. The maximum absolute atomic E-state index is 12.7. The van der Waals surface area contributed by atoms with E-state index in [0.29, 0.717) is 27.6 Å². The van der Waals surface area contributed by atoms with Crippen LogP contribution in [0.25, 0.3) is 11.4 Å². The second kappa shape index (κ2) is 8.07. The van der Waals surface area contributed by atoms with Gasteiger partial charge in [-0.05, 0) is 22.0 Å². The quantitative estimate of drug-likeness (QED) is 0.570. The van der Waals surface area contributed by atoms with Gasteiger partial charge >= 0.3 is 0 Å². The minimum Gasteiger partial charge on any atom is -0.493 e. The van der Waals surface area contributed by atoms with Gasteiger partial charge in [0, 0.05) is 16.1 Å². The van der Waals surface area contributed by atoms with Crippen LogP contribution >= 0.6 is 15.9 Å². The van der Waals surface area contributed by atoms with Gasteiger partial charge in [-0.1, -0.05) is 30.3 Å². The first-order valence-corrected chi connectivity index (χ1v) is 10.1. The number of methoxy groups -OCH3 is 2. The van der Waals surface area contributed by atoms with Gasteiger partial charge < -0.3 is 9.47 Å². The number of halogens is 1. The minimum atomic E-state index is -3.82. The Morgan fingerprint density at radius 3 is 2.44 bits per heavy atom. The number of H-pyrrole nitrogens is 1. The van der Waals surface area contributed by atoms with Gasteiger partial charge in [0.05, 0.1) is 20.8 Å². The minimum absolute atomic E-state index is 0.0305. The van der Waals surface area contributed by atoms with E-state index < -0.39 is 10.0 Å². The molecule has 0 radical (unpaired) electrons. The lowest BCUT2D eigenvalue weighted by molar-refractivity contribution is 0.353. The molecule has 142 valence electrons.